The lowest BCUT2D eigenvalue weighted by Crippen LogP contribution is -2.51. The van der Waals surface area contributed by atoms with E-state index in [4.69, 9.17) is 21.1 Å². The van der Waals surface area contributed by atoms with Crippen LogP contribution in [0, 0.1) is 5.82 Å². The minimum atomic E-state index is -1.21. The second-order valence-corrected chi connectivity index (χ2v) is 9.94. The SMILES string of the molecule is O=C(N[C@@H](CNC(=O)c1ccc(Cl)s1)C(=O)Nc1ccc(N2CCOCC2=O)c(F)c1)OC1CCC1. The average Bonchev–Trinajstić information content (AvgIpc) is 3.26. The van der Waals surface area contributed by atoms with Crippen LogP contribution in [0.1, 0.15) is 28.9 Å². The molecule has 1 saturated carbocycles. The number of carbonyl (C=O) groups is 4. The molecule has 0 unspecified atom stereocenters. The van der Waals surface area contributed by atoms with Gasteiger partial charge in [0.05, 0.1) is 21.5 Å². The van der Waals surface area contributed by atoms with Crippen LogP contribution >= 0.6 is 22.9 Å². The van der Waals surface area contributed by atoms with Crippen molar-refractivity contribution >= 4 is 58.1 Å². The highest BCUT2D eigenvalue weighted by Crippen LogP contribution is 2.25. The number of nitrogens with zero attached hydrogens (tertiary/aromatic N) is 1. The molecule has 36 heavy (non-hydrogen) atoms. The van der Waals surface area contributed by atoms with Gasteiger partial charge < -0.3 is 30.3 Å². The second-order valence-electron chi connectivity index (χ2n) is 8.22. The van der Waals surface area contributed by atoms with Crippen molar-refractivity contribution < 1.29 is 33.0 Å². The predicted octanol–water partition coefficient (Wildman–Crippen LogP) is 2.92. The van der Waals surface area contributed by atoms with Gasteiger partial charge in [0.15, 0.2) is 0 Å². The van der Waals surface area contributed by atoms with Gasteiger partial charge in [-0.05, 0) is 49.6 Å². The van der Waals surface area contributed by atoms with Crippen LogP contribution in [0.15, 0.2) is 30.3 Å². The molecule has 1 aliphatic heterocycles. The molecule has 2 heterocycles. The summed E-state index contributed by atoms with van der Waals surface area (Å²) in [4.78, 5) is 51.3. The Morgan fingerprint density at radius 2 is 2.06 bits per heavy atom. The summed E-state index contributed by atoms with van der Waals surface area (Å²) < 4.78 is 25.5. The molecule has 13 heteroatoms. The topological polar surface area (TPSA) is 126 Å². The van der Waals surface area contributed by atoms with E-state index in [2.05, 4.69) is 16.0 Å². The van der Waals surface area contributed by atoms with Crippen LogP contribution in [0.4, 0.5) is 20.6 Å². The third-order valence-corrected chi connectivity index (χ3v) is 6.92. The summed E-state index contributed by atoms with van der Waals surface area (Å²) in [7, 11) is 0. The fourth-order valence-electron chi connectivity index (χ4n) is 3.55. The fraction of sp³-hybridized carbons (Fsp3) is 0.391. The Morgan fingerprint density at radius 1 is 1.25 bits per heavy atom. The normalized spacial score (nSPS) is 16.6. The molecule has 1 atom stereocenters. The number of hydrogen-bond acceptors (Lipinski definition) is 7. The van der Waals surface area contributed by atoms with Crippen molar-refractivity contribution in [2.75, 3.05) is 36.5 Å². The maximum atomic E-state index is 14.8. The molecule has 4 amide bonds. The molecule has 2 fully saturated rings. The lowest BCUT2D eigenvalue weighted by Gasteiger charge is -2.27. The van der Waals surface area contributed by atoms with Crippen LogP contribution in [-0.2, 0) is 19.1 Å². The summed E-state index contributed by atoms with van der Waals surface area (Å²) in [5.74, 6) is -2.24. The molecule has 10 nitrogen and oxygen atoms in total. The zero-order valence-electron chi connectivity index (χ0n) is 19.1. The van der Waals surface area contributed by atoms with Gasteiger partial charge >= 0.3 is 6.09 Å². The van der Waals surface area contributed by atoms with Crippen molar-refractivity contribution in [3.8, 4) is 0 Å². The smallest absolute Gasteiger partial charge is 0.408 e. The molecular weight excluding hydrogens is 515 g/mol. The number of anilines is 2. The van der Waals surface area contributed by atoms with E-state index in [1.165, 1.54) is 17.0 Å². The van der Waals surface area contributed by atoms with E-state index in [0.717, 1.165) is 36.7 Å². The van der Waals surface area contributed by atoms with E-state index in [1.54, 1.807) is 12.1 Å². The van der Waals surface area contributed by atoms with E-state index in [9.17, 15) is 23.6 Å². The number of morpholine rings is 1. The summed E-state index contributed by atoms with van der Waals surface area (Å²) in [6.07, 6.45) is 1.45. The first-order chi connectivity index (χ1) is 17.3. The summed E-state index contributed by atoms with van der Waals surface area (Å²) in [5, 5.41) is 7.58. The van der Waals surface area contributed by atoms with Crippen LogP contribution in [0.3, 0.4) is 0 Å². The minimum Gasteiger partial charge on any atom is -0.446 e. The van der Waals surface area contributed by atoms with Crippen molar-refractivity contribution in [1.82, 2.24) is 10.6 Å². The molecule has 4 rings (SSSR count). The van der Waals surface area contributed by atoms with Gasteiger partial charge in [0.25, 0.3) is 11.8 Å². The Balaban J connectivity index is 1.42. The number of benzene rings is 1. The number of alkyl carbamates (subject to hydrolysis) is 1. The van der Waals surface area contributed by atoms with Gasteiger partial charge in [0.2, 0.25) is 5.91 Å². The van der Waals surface area contributed by atoms with Crippen molar-refractivity contribution in [3.05, 3.63) is 45.4 Å². The van der Waals surface area contributed by atoms with Crippen molar-refractivity contribution in [2.24, 2.45) is 0 Å². The van der Waals surface area contributed by atoms with Crippen LogP contribution in [0.2, 0.25) is 4.34 Å². The number of ether oxygens (including phenoxy) is 2. The average molecular weight is 539 g/mol. The Morgan fingerprint density at radius 3 is 2.69 bits per heavy atom. The third kappa shape index (κ3) is 6.50. The van der Waals surface area contributed by atoms with Gasteiger partial charge in [-0.15, -0.1) is 11.3 Å². The molecule has 0 spiro atoms. The van der Waals surface area contributed by atoms with Crippen LogP contribution < -0.4 is 20.9 Å². The number of hydrogen-bond donors (Lipinski definition) is 3. The molecule has 2 aromatic rings. The highest BCUT2D eigenvalue weighted by Gasteiger charge is 2.28. The Kier molecular flexibility index (Phi) is 8.39. The van der Waals surface area contributed by atoms with E-state index in [1.807, 2.05) is 0 Å². The van der Waals surface area contributed by atoms with Gasteiger partial charge in [-0.1, -0.05) is 11.6 Å². The number of carbonyl (C=O) groups excluding carboxylic acids is 4. The largest absolute Gasteiger partial charge is 0.446 e. The molecule has 0 bridgehead atoms. The summed E-state index contributed by atoms with van der Waals surface area (Å²) >= 11 is 6.94. The third-order valence-electron chi connectivity index (χ3n) is 5.69. The maximum absolute atomic E-state index is 14.8. The van der Waals surface area contributed by atoms with E-state index in [0.29, 0.717) is 9.21 Å². The second kappa shape index (κ2) is 11.7. The highest BCUT2D eigenvalue weighted by molar-refractivity contribution is 7.18. The number of rotatable bonds is 8. The Hall–Kier alpha value is -3.22. The van der Waals surface area contributed by atoms with E-state index < -0.39 is 29.8 Å². The molecule has 3 N–H and O–H groups in total. The first-order valence-electron chi connectivity index (χ1n) is 11.3. The van der Waals surface area contributed by atoms with Gasteiger partial charge in [-0.2, -0.15) is 0 Å². The van der Waals surface area contributed by atoms with Crippen molar-refractivity contribution in [3.63, 3.8) is 0 Å². The quantitative estimate of drug-likeness (QED) is 0.474. The zero-order chi connectivity index (χ0) is 25.7. The number of thiophene rings is 1. The van der Waals surface area contributed by atoms with Gasteiger partial charge in [-0.25, -0.2) is 9.18 Å². The molecular formula is C23H24ClFN4O6S. The monoisotopic (exact) mass is 538 g/mol. The van der Waals surface area contributed by atoms with Gasteiger partial charge in [0.1, 0.15) is 24.6 Å². The van der Waals surface area contributed by atoms with Crippen LogP contribution in [0.25, 0.3) is 0 Å². The standard InChI is InChI=1S/C23H24ClFN4O6S/c24-19-7-6-18(36-19)22(32)26-11-16(28-23(33)35-14-2-1-3-14)21(31)27-13-4-5-17(15(25)10-13)29-8-9-34-12-20(29)30/h4-7,10,14,16H,1-3,8-9,11-12H2,(H,26,32)(H,27,31)(H,28,33)/t16-/m0/s1. The summed E-state index contributed by atoms with van der Waals surface area (Å²) in [6.45, 7) is 0.123. The fourth-order valence-corrected chi connectivity index (χ4v) is 4.51. The first-order valence-corrected chi connectivity index (χ1v) is 12.5. The molecule has 2 aliphatic rings. The van der Waals surface area contributed by atoms with Gasteiger partial charge in [0, 0.05) is 18.8 Å². The van der Waals surface area contributed by atoms with Crippen molar-refractivity contribution in [2.45, 2.75) is 31.4 Å². The molecule has 192 valence electrons. The number of amides is 4. The highest BCUT2D eigenvalue weighted by atomic mass is 35.5. The predicted molar refractivity (Wildman–Crippen MR) is 131 cm³/mol. The van der Waals surface area contributed by atoms with Crippen LogP contribution in [-0.4, -0.2) is 62.3 Å². The molecule has 1 saturated heterocycles. The lowest BCUT2D eigenvalue weighted by atomic mass is 9.96. The number of halogens is 2. The number of nitrogens with one attached hydrogen (secondary N) is 3. The van der Waals surface area contributed by atoms with Gasteiger partial charge in [-0.3, -0.25) is 14.4 Å². The summed E-state index contributed by atoms with van der Waals surface area (Å²) in [5.41, 5.74) is 0.180. The minimum absolute atomic E-state index is 0.0712. The Bertz CT molecular complexity index is 1160. The van der Waals surface area contributed by atoms with E-state index >= 15 is 0 Å². The zero-order valence-corrected chi connectivity index (χ0v) is 20.6. The van der Waals surface area contributed by atoms with E-state index in [-0.39, 0.29) is 49.7 Å². The molecule has 1 aliphatic carbocycles. The molecule has 0 radical (unpaired) electrons. The van der Waals surface area contributed by atoms with Crippen LogP contribution in [0.5, 0.6) is 0 Å². The lowest BCUT2D eigenvalue weighted by molar-refractivity contribution is -0.125. The Labute approximate surface area is 215 Å². The molecule has 1 aromatic heterocycles. The summed E-state index contributed by atoms with van der Waals surface area (Å²) in [6, 6.07) is 5.80. The van der Waals surface area contributed by atoms with Crippen molar-refractivity contribution in [1.29, 1.82) is 0 Å². The first kappa shape index (κ1) is 25.9. The molecule has 1 aromatic carbocycles. The maximum Gasteiger partial charge on any atom is 0.408 e.